The van der Waals surface area contributed by atoms with Gasteiger partial charge in [0.05, 0.1) is 4.90 Å². The Morgan fingerprint density at radius 3 is 2.27 bits per heavy atom. The highest BCUT2D eigenvalue weighted by Crippen LogP contribution is 2.18. The van der Waals surface area contributed by atoms with Crippen LogP contribution in [0.3, 0.4) is 0 Å². The zero-order chi connectivity index (χ0) is 21.6. The van der Waals surface area contributed by atoms with Crippen molar-refractivity contribution in [3.05, 3.63) is 60.2 Å². The maximum atomic E-state index is 13.2. The van der Waals surface area contributed by atoms with E-state index in [2.05, 4.69) is 21.8 Å². The standard InChI is InChI=1S/C22H29N3O3S2/c1-18-8-10-20(11-9-18)30(27,28)23-21(12-17-29-2)22(26)25-15-13-24(14-16-25)19-6-4-3-5-7-19/h3-11,21,23H,12-17H2,1-2H3. The van der Waals surface area contributed by atoms with Crippen LogP contribution in [0.1, 0.15) is 12.0 Å². The van der Waals surface area contributed by atoms with Crippen molar-refractivity contribution in [3.8, 4) is 0 Å². The van der Waals surface area contributed by atoms with Gasteiger partial charge in [0.1, 0.15) is 6.04 Å². The summed E-state index contributed by atoms with van der Waals surface area (Å²) in [5, 5.41) is 0. The van der Waals surface area contributed by atoms with Crippen LogP contribution in [0.15, 0.2) is 59.5 Å². The average molecular weight is 448 g/mol. The second-order valence-corrected chi connectivity index (χ2v) is 10.1. The lowest BCUT2D eigenvalue weighted by atomic mass is 10.2. The number of hydrogen-bond donors (Lipinski definition) is 1. The molecule has 8 heteroatoms. The summed E-state index contributed by atoms with van der Waals surface area (Å²) in [4.78, 5) is 17.4. The Balaban J connectivity index is 1.67. The zero-order valence-electron chi connectivity index (χ0n) is 17.5. The van der Waals surface area contributed by atoms with Crippen LogP contribution in [0.5, 0.6) is 0 Å². The van der Waals surface area contributed by atoms with Crippen LogP contribution in [0, 0.1) is 6.92 Å². The van der Waals surface area contributed by atoms with Gasteiger partial charge in [-0.05, 0) is 49.6 Å². The summed E-state index contributed by atoms with van der Waals surface area (Å²) in [6, 6.07) is 16.0. The molecule has 0 aliphatic carbocycles. The lowest BCUT2D eigenvalue weighted by Gasteiger charge is -2.37. The first-order chi connectivity index (χ1) is 14.4. The van der Waals surface area contributed by atoms with Crippen LogP contribution in [-0.2, 0) is 14.8 Å². The summed E-state index contributed by atoms with van der Waals surface area (Å²) in [7, 11) is -3.76. The van der Waals surface area contributed by atoms with Crippen molar-refractivity contribution in [2.45, 2.75) is 24.3 Å². The number of hydrogen-bond acceptors (Lipinski definition) is 5. The first-order valence-corrected chi connectivity index (χ1v) is 12.9. The Morgan fingerprint density at radius 1 is 1.03 bits per heavy atom. The molecule has 1 aliphatic rings. The van der Waals surface area contributed by atoms with Crippen molar-refractivity contribution in [1.29, 1.82) is 0 Å². The minimum Gasteiger partial charge on any atom is -0.368 e. The largest absolute Gasteiger partial charge is 0.368 e. The van der Waals surface area contributed by atoms with E-state index < -0.39 is 16.1 Å². The summed E-state index contributed by atoms with van der Waals surface area (Å²) >= 11 is 1.60. The molecule has 1 N–H and O–H groups in total. The zero-order valence-corrected chi connectivity index (χ0v) is 19.1. The number of carbonyl (C=O) groups excluding carboxylic acids is 1. The number of thioether (sulfide) groups is 1. The van der Waals surface area contributed by atoms with Crippen LogP contribution in [0.2, 0.25) is 0 Å². The molecule has 1 unspecified atom stereocenters. The van der Waals surface area contributed by atoms with Gasteiger partial charge in [0.2, 0.25) is 15.9 Å². The molecule has 2 aromatic carbocycles. The normalized spacial score (nSPS) is 15.8. The van der Waals surface area contributed by atoms with E-state index in [0.29, 0.717) is 25.3 Å². The molecule has 0 bridgehead atoms. The van der Waals surface area contributed by atoms with Crippen molar-refractivity contribution in [2.75, 3.05) is 43.1 Å². The number of rotatable bonds is 8. The summed E-state index contributed by atoms with van der Waals surface area (Å²) in [6.07, 6.45) is 2.42. The lowest BCUT2D eigenvalue weighted by molar-refractivity contribution is -0.133. The molecular weight excluding hydrogens is 418 g/mol. The number of nitrogens with zero attached hydrogens (tertiary/aromatic N) is 2. The Morgan fingerprint density at radius 2 is 1.67 bits per heavy atom. The fourth-order valence-corrected chi connectivity index (χ4v) is 5.18. The van der Waals surface area contributed by atoms with Gasteiger partial charge >= 0.3 is 0 Å². The molecule has 0 spiro atoms. The molecular formula is C22H29N3O3S2. The molecule has 6 nitrogen and oxygen atoms in total. The summed E-state index contributed by atoms with van der Waals surface area (Å²) < 4.78 is 28.3. The molecule has 1 saturated heterocycles. The number of carbonyl (C=O) groups is 1. The number of aryl methyl sites for hydroxylation is 1. The van der Waals surface area contributed by atoms with E-state index in [1.165, 1.54) is 0 Å². The third-order valence-electron chi connectivity index (χ3n) is 5.25. The minimum absolute atomic E-state index is 0.146. The number of para-hydroxylation sites is 1. The first kappa shape index (κ1) is 22.7. The molecule has 3 rings (SSSR count). The molecule has 30 heavy (non-hydrogen) atoms. The van der Waals surface area contributed by atoms with E-state index in [4.69, 9.17) is 0 Å². The van der Waals surface area contributed by atoms with Crippen molar-refractivity contribution < 1.29 is 13.2 Å². The van der Waals surface area contributed by atoms with Crippen LogP contribution in [-0.4, -0.2) is 63.5 Å². The topological polar surface area (TPSA) is 69.7 Å². The van der Waals surface area contributed by atoms with E-state index >= 15 is 0 Å². The van der Waals surface area contributed by atoms with Gasteiger partial charge in [-0.25, -0.2) is 8.42 Å². The second-order valence-electron chi connectivity index (χ2n) is 7.42. The predicted molar refractivity (Wildman–Crippen MR) is 124 cm³/mol. The maximum absolute atomic E-state index is 13.2. The molecule has 1 fully saturated rings. The van der Waals surface area contributed by atoms with Crippen LogP contribution in [0.25, 0.3) is 0 Å². The smallest absolute Gasteiger partial charge is 0.241 e. The van der Waals surface area contributed by atoms with E-state index in [0.717, 1.165) is 24.3 Å². The van der Waals surface area contributed by atoms with Crippen LogP contribution < -0.4 is 9.62 Å². The molecule has 1 aliphatic heterocycles. The number of sulfonamides is 1. The van der Waals surface area contributed by atoms with Crippen molar-refractivity contribution in [3.63, 3.8) is 0 Å². The summed E-state index contributed by atoms with van der Waals surface area (Å²) in [6.45, 7) is 4.53. The van der Waals surface area contributed by atoms with E-state index in [1.807, 2.05) is 31.4 Å². The Labute approximate surface area is 183 Å². The molecule has 1 heterocycles. The van der Waals surface area contributed by atoms with Crippen molar-refractivity contribution in [2.24, 2.45) is 0 Å². The summed E-state index contributed by atoms with van der Waals surface area (Å²) in [5.74, 6) is 0.559. The van der Waals surface area contributed by atoms with Gasteiger partial charge in [0, 0.05) is 31.9 Å². The Kier molecular flexibility index (Phi) is 7.80. The van der Waals surface area contributed by atoms with Gasteiger partial charge in [0.15, 0.2) is 0 Å². The van der Waals surface area contributed by atoms with E-state index in [1.54, 1.807) is 40.9 Å². The molecule has 2 aromatic rings. The first-order valence-electron chi connectivity index (χ1n) is 10.1. The fraction of sp³-hybridized carbons (Fsp3) is 0.409. The van der Waals surface area contributed by atoms with E-state index in [-0.39, 0.29) is 10.8 Å². The lowest BCUT2D eigenvalue weighted by Crippen LogP contribution is -2.55. The number of amides is 1. The fourth-order valence-electron chi connectivity index (χ4n) is 3.49. The number of anilines is 1. The highest BCUT2D eigenvalue weighted by atomic mass is 32.2. The highest BCUT2D eigenvalue weighted by Gasteiger charge is 2.31. The number of nitrogens with one attached hydrogen (secondary N) is 1. The van der Waals surface area contributed by atoms with Gasteiger partial charge in [-0.15, -0.1) is 0 Å². The molecule has 1 atom stereocenters. The van der Waals surface area contributed by atoms with E-state index in [9.17, 15) is 13.2 Å². The average Bonchev–Trinajstić information content (AvgIpc) is 2.77. The second kappa shape index (κ2) is 10.3. The van der Waals surface area contributed by atoms with Crippen LogP contribution >= 0.6 is 11.8 Å². The number of benzene rings is 2. The van der Waals surface area contributed by atoms with Gasteiger partial charge < -0.3 is 9.80 Å². The van der Waals surface area contributed by atoms with Crippen molar-refractivity contribution in [1.82, 2.24) is 9.62 Å². The molecule has 0 saturated carbocycles. The molecule has 0 radical (unpaired) electrons. The quantitative estimate of drug-likeness (QED) is 0.674. The third-order valence-corrected chi connectivity index (χ3v) is 7.38. The van der Waals surface area contributed by atoms with Gasteiger partial charge in [-0.2, -0.15) is 16.5 Å². The summed E-state index contributed by atoms with van der Waals surface area (Å²) in [5.41, 5.74) is 2.13. The Hall–Kier alpha value is -2.03. The maximum Gasteiger partial charge on any atom is 0.241 e. The van der Waals surface area contributed by atoms with Gasteiger partial charge in [-0.3, -0.25) is 4.79 Å². The van der Waals surface area contributed by atoms with Crippen LogP contribution in [0.4, 0.5) is 5.69 Å². The SMILES string of the molecule is CSCCC(NS(=O)(=O)c1ccc(C)cc1)C(=O)N1CCN(c2ccccc2)CC1. The predicted octanol–water partition coefficient (Wildman–Crippen LogP) is 2.74. The minimum atomic E-state index is -3.76. The molecule has 1 amide bonds. The number of piperazine rings is 1. The van der Waals surface area contributed by atoms with Gasteiger partial charge in [-0.1, -0.05) is 35.9 Å². The highest BCUT2D eigenvalue weighted by molar-refractivity contribution is 7.98. The van der Waals surface area contributed by atoms with Crippen molar-refractivity contribution >= 4 is 33.4 Å². The molecule has 0 aromatic heterocycles. The molecule has 162 valence electrons. The third kappa shape index (κ3) is 5.77. The monoisotopic (exact) mass is 447 g/mol. The van der Waals surface area contributed by atoms with Gasteiger partial charge in [0.25, 0.3) is 0 Å². The Bertz CT molecular complexity index is 926.